The molecule has 0 radical (unpaired) electrons. The zero-order valence-electron chi connectivity index (χ0n) is 15.0. The standard InChI is InChI=1S/C17H22N2O6S/c1-4-5-6-24-17(22)12-9-26-14-13(12)15(20)19(10-18-14)11(2)16(21)25-8-7-23-3/h9-11H,4-8H2,1-3H3. The van der Waals surface area contributed by atoms with E-state index >= 15 is 0 Å². The molecule has 0 bridgehead atoms. The van der Waals surface area contributed by atoms with E-state index in [0.29, 0.717) is 11.4 Å². The van der Waals surface area contributed by atoms with E-state index in [0.717, 1.165) is 17.4 Å². The van der Waals surface area contributed by atoms with Crippen molar-refractivity contribution in [2.75, 3.05) is 26.9 Å². The Kier molecular flexibility index (Phi) is 7.28. The molecule has 8 nitrogen and oxygen atoms in total. The van der Waals surface area contributed by atoms with Crippen molar-refractivity contribution < 1.29 is 23.8 Å². The minimum absolute atomic E-state index is 0.0948. The van der Waals surface area contributed by atoms with E-state index in [1.807, 2.05) is 6.92 Å². The Morgan fingerprint density at radius 3 is 2.73 bits per heavy atom. The lowest BCUT2D eigenvalue weighted by molar-refractivity contribution is -0.148. The molecule has 0 spiro atoms. The Hall–Kier alpha value is -2.26. The normalized spacial score (nSPS) is 12.1. The van der Waals surface area contributed by atoms with E-state index in [4.69, 9.17) is 14.2 Å². The van der Waals surface area contributed by atoms with Gasteiger partial charge in [-0.2, -0.15) is 0 Å². The van der Waals surface area contributed by atoms with Gasteiger partial charge in [-0.25, -0.2) is 14.6 Å². The third-order valence-electron chi connectivity index (χ3n) is 3.76. The molecule has 2 aromatic rings. The number of unbranched alkanes of at least 4 members (excludes halogenated alkanes) is 1. The summed E-state index contributed by atoms with van der Waals surface area (Å²) in [6.45, 7) is 4.18. The minimum atomic E-state index is -0.875. The molecule has 0 fully saturated rings. The number of esters is 2. The molecule has 0 amide bonds. The van der Waals surface area contributed by atoms with Crippen LogP contribution in [0.2, 0.25) is 0 Å². The zero-order chi connectivity index (χ0) is 19.1. The number of fused-ring (bicyclic) bond motifs is 1. The summed E-state index contributed by atoms with van der Waals surface area (Å²) in [5.41, 5.74) is -0.303. The first kappa shape index (κ1) is 20.1. The maximum Gasteiger partial charge on any atom is 0.339 e. The first-order valence-electron chi connectivity index (χ1n) is 8.32. The van der Waals surface area contributed by atoms with Gasteiger partial charge in [0.15, 0.2) is 0 Å². The van der Waals surface area contributed by atoms with Crippen LogP contribution in [0.15, 0.2) is 16.5 Å². The first-order valence-corrected chi connectivity index (χ1v) is 9.20. The lowest BCUT2D eigenvalue weighted by Gasteiger charge is -2.14. The largest absolute Gasteiger partial charge is 0.462 e. The van der Waals surface area contributed by atoms with E-state index in [1.54, 1.807) is 5.38 Å². The second-order valence-electron chi connectivity index (χ2n) is 5.61. The highest BCUT2D eigenvalue weighted by molar-refractivity contribution is 7.17. The first-order chi connectivity index (χ1) is 12.5. The molecule has 2 heterocycles. The number of hydrogen-bond acceptors (Lipinski definition) is 8. The van der Waals surface area contributed by atoms with Crippen LogP contribution in [0.5, 0.6) is 0 Å². The third kappa shape index (κ3) is 4.47. The summed E-state index contributed by atoms with van der Waals surface area (Å²) in [6, 6.07) is -0.875. The SMILES string of the molecule is CCCCOC(=O)c1csc2ncn(C(C)C(=O)OCCOC)c(=O)c12. The number of carbonyl (C=O) groups excluding carboxylic acids is 2. The summed E-state index contributed by atoms with van der Waals surface area (Å²) < 4.78 is 16.2. The van der Waals surface area contributed by atoms with Crippen molar-refractivity contribution in [2.24, 2.45) is 0 Å². The summed E-state index contributed by atoms with van der Waals surface area (Å²) in [5, 5.41) is 1.72. The van der Waals surface area contributed by atoms with Gasteiger partial charge in [0.1, 0.15) is 17.5 Å². The fourth-order valence-electron chi connectivity index (χ4n) is 2.22. The average molecular weight is 382 g/mol. The Bertz CT molecular complexity index is 828. The zero-order valence-corrected chi connectivity index (χ0v) is 15.8. The smallest absolute Gasteiger partial charge is 0.339 e. The molecule has 0 N–H and O–H groups in total. The molecule has 142 valence electrons. The van der Waals surface area contributed by atoms with Gasteiger partial charge in [0.05, 0.1) is 30.5 Å². The van der Waals surface area contributed by atoms with Crippen molar-refractivity contribution in [2.45, 2.75) is 32.7 Å². The number of thiophene rings is 1. The van der Waals surface area contributed by atoms with Crippen LogP contribution in [0.3, 0.4) is 0 Å². The van der Waals surface area contributed by atoms with Gasteiger partial charge in [-0.15, -0.1) is 11.3 Å². The lowest BCUT2D eigenvalue weighted by Crippen LogP contribution is -2.30. The van der Waals surface area contributed by atoms with Crippen LogP contribution < -0.4 is 5.56 Å². The molecule has 0 saturated heterocycles. The fourth-order valence-corrected chi connectivity index (χ4v) is 3.09. The fraction of sp³-hybridized carbons (Fsp3) is 0.529. The van der Waals surface area contributed by atoms with Gasteiger partial charge < -0.3 is 14.2 Å². The molecule has 26 heavy (non-hydrogen) atoms. The van der Waals surface area contributed by atoms with E-state index < -0.39 is 23.5 Å². The number of hydrogen-bond donors (Lipinski definition) is 0. The Morgan fingerprint density at radius 2 is 2.04 bits per heavy atom. The second kappa shape index (κ2) is 9.44. The molecule has 9 heteroatoms. The highest BCUT2D eigenvalue weighted by Crippen LogP contribution is 2.22. The third-order valence-corrected chi connectivity index (χ3v) is 4.65. The number of carbonyl (C=O) groups is 2. The Labute approximate surface area is 154 Å². The number of aromatic nitrogens is 2. The van der Waals surface area contributed by atoms with Crippen LogP contribution in [-0.2, 0) is 19.0 Å². The summed E-state index contributed by atoms with van der Waals surface area (Å²) in [4.78, 5) is 41.7. The van der Waals surface area contributed by atoms with Gasteiger partial charge in [-0.1, -0.05) is 13.3 Å². The quantitative estimate of drug-likeness (QED) is 0.484. The molecule has 0 aliphatic heterocycles. The topological polar surface area (TPSA) is 96.7 Å². The highest BCUT2D eigenvalue weighted by atomic mass is 32.1. The summed E-state index contributed by atoms with van der Waals surface area (Å²) in [7, 11) is 1.50. The predicted molar refractivity (Wildman–Crippen MR) is 96.6 cm³/mol. The van der Waals surface area contributed by atoms with Gasteiger partial charge in [0.25, 0.3) is 5.56 Å². The van der Waals surface area contributed by atoms with Crippen LogP contribution >= 0.6 is 11.3 Å². The van der Waals surface area contributed by atoms with Crippen LogP contribution in [0.1, 0.15) is 43.1 Å². The summed E-state index contributed by atoms with van der Waals surface area (Å²) in [5.74, 6) is -1.13. The summed E-state index contributed by atoms with van der Waals surface area (Å²) in [6.07, 6.45) is 2.94. The second-order valence-corrected chi connectivity index (χ2v) is 6.47. The lowest BCUT2D eigenvalue weighted by atomic mass is 10.2. The molecule has 2 rings (SSSR count). The van der Waals surface area contributed by atoms with Crippen LogP contribution in [0.25, 0.3) is 10.2 Å². The summed E-state index contributed by atoms with van der Waals surface area (Å²) >= 11 is 1.18. The molecule has 0 aliphatic rings. The van der Waals surface area contributed by atoms with Crippen molar-refractivity contribution in [3.8, 4) is 0 Å². The predicted octanol–water partition coefficient (Wildman–Crippen LogP) is 2.17. The molecule has 0 aliphatic carbocycles. The van der Waals surface area contributed by atoms with Gasteiger partial charge >= 0.3 is 11.9 Å². The van der Waals surface area contributed by atoms with E-state index in [1.165, 1.54) is 31.7 Å². The molecule has 0 aromatic carbocycles. The number of rotatable bonds is 9. The van der Waals surface area contributed by atoms with Crippen molar-refractivity contribution >= 4 is 33.5 Å². The monoisotopic (exact) mass is 382 g/mol. The molecule has 2 aromatic heterocycles. The van der Waals surface area contributed by atoms with E-state index in [2.05, 4.69) is 4.98 Å². The molecule has 0 saturated carbocycles. The van der Waals surface area contributed by atoms with Crippen LogP contribution in [0, 0.1) is 0 Å². The van der Waals surface area contributed by atoms with Gasteiger partial charge in [0, 0.05) is 12.5 Å². The van der Waals surface area contributed by atoms with Crippen molar-refractivity contribution in [1.82, 2.24) is 9.55 Å². The molecule has 1 atom stereocenters. The van der Waals surface area contributed by atoms with Crippen LogP contribution in [-0.4, -0.2) is 48.4 Å². The highest BCUT2D eigenvalue weighted by Gasteiger charge is 2.23. The van der Waals surface area contributed by atoms with Crippen molar-refractivity contribution in [3.05, 3.63) is 27.6 Å². The number of methoxy groups -OCH3 is 1. The maximum atomic E-state index is 12.8. The maximum absolute atomic E-state index is 12.8. The van der Waals surface area contributed by atoms with E-state index in [-0.39, 0.29) is 24.2 Å². The van der Waals surface area contributed by atoms with E-state index in [9.17, 15) is 14.4 Å². The van der Waals surface area contributed by atoms with Crippen molar-refractivity contribution in [3.63, 3.8) is 0 Å². The molecular weight excluding hydrogens is 360 g/mol. The minimum Gasteiger partial charge on any atom is -0.462 e. The number of ether oxygens (including phenoxy) is 3. The Balaban J connectivity index is 2.28. The molecular formula is C17H22N2O6S. The van der Waals surface area contributed by atoms with Gasteiger partial charge in [-0.3, -0.25) is 9.36 Å². The Morgan fingerprint density at radius 1 is 1.27 bits per heavy atom. The van der Waals surface area contributed by atoms with Gasteiger partial charge in [0.2, 0.25) is 0 Å². The van der Waals surface area contributed by atoms with Crippen molar-refractivity contribution in [1.29, 1.82) is 0 Å². The molecule has 1 unspecified atom stereocenters. The average Bonchev–Trinajstić information content (AvgIpc) is 3.07. The van der Waals surface area contributed by atoms with Gasteiger partial charge in [-0.05, 0) is 13.3 Å². The number of nitrogens with zero attached hydrogens (tertiary/aromatic N) is 2. The van der Waals surface area contributed by atoms with Crippen LogP contribution in [0.4, 0.5) is 0 Å².